The maximum atomic E-state index is 13.2. The normalized spacial score (nSPS) is 16.3. The number of ketones is 1. The number of benzene rings is 2. The number of halogens is 1. The van der Waals surface area contributed by atoms with Crippen LogP contribution in [0.5, 0.6) is 0 Å². The van der Waals surface area contributed by atoms with E-state index in [9.17, 15) is 22.8 Å². The molecule has 1 fully saturated rings. The van der Waals surface area contributed by atoms with Gasteiger partial charge in [-0.1, -0.05) is 23.7 Å². The first-order chi connectivity index (χ1) is 20.0. The second kappa shape index (κ2) is 14.1. The summed E-state index contributed by atoms with van der Waals surface area (Å²) in [6, 6.07) is 9.02. The monoisotopic (exact) mass is 633 g/mol. The van der Waals surface area contributed by atoms with Crippen molar-refractivity contribution in [3.05, 3.63) is 58.0 Å². The number of rotatable bonds is 13. The van der Waals surface area contributed by atoms with Crippen molar-refractivity contribution in [1.82, 2.24) is 19.9 Å². The molecule has 2 amide bonds. The van der Waals surface area contributed by atoms with Gasteiger partial charge >= 0.3 is 0 Å². The average Bonchev–Trinajstić information content (AvgIpc) is 3.49. The number of hydrogen-bond acceptors (Lipinski definition) is 8. The number of sulfonamides is 1. The Morgan fingerprint density at radius 2 is 1.95 bits per heavy atom. The number of nitrogens with zero attached hydrogens (tertiary/aromatic N) is 3. The predicted molar refractivity (Wildman–Crippen MR) is 162 cm³/mol. The number of piperidine rings is 1. The number of guanidine groups is 1. The molecule has 0 spiro atoms. The summed E-state index contributed by atoms with van der Waals surface area (Å²) in [4.78, 5) is 48.5. The Morgan fingerprint density at radius 1 is 1.19 bits per heavy atom. The molecule has 0 aliphatic carbocycles. The summed E-state index contributed by atoms with van der Waals surface area (Å²) < 4.78 is 28.5. The topological polar surface area (TPSA) is 190 Å². The minimum Gasteiger partial charge on any atom is -0.370 e. The van der Waals surface area contributed by atoms with Gasteiger partial charge in [-0.3, -0.25) is 19.4 Å². The number of nitrogens with two attached hydrogens (primary N) is 2. The van der Waals surface area contributed by atoms with Gasteiger partial charge in [0.15, 0.2) is 11.0 Å². The van der Waals surface area contributed by atoms with E-state index in [4.69, 9.17) is 23.1 Å². The van der Waals surface area contributed by atoms with Gasteiger partial charge in [0.1, 0.15) is 0 Å². The molecule has 42 heavy (non-hydrogen) atoms. The molecule has 6 N–H and O–H groups in total. The molecule has 1 unspecified atom stereocenters. The maximum Gasteiger partial charge on any atom is 0.240 e. The molecule has 1 aliphatic rings. The van der Waals surface area contributed by atoms with Gasteiger partial charge in [0, 0.05) is 36.2 Å². The van der Waals surface area contributed by atoms with E-state index in [1.54, 1.807) is 35.7 Å². The Morgan fingerprint density at radius 3 is 2.69 bits per heavy atom. The molecule has 224 valence electrons. The molecule has 3 aromatic rings. The molecule has 2 aromatic carbocycles. The molecule has 4 rings (SSSR count). The molecule has 0 radical (unpaired) electrons. The summed E-state index contributed by atoms with van der Waals surface area (Å²) >= 11 is 7.18. The van der Waals surface area contributed by atoms with Crippen molar-refractivity contribution in [3.63, 3.8) is 0 Å². The van der Waals surface area contributed by atoms with Crippen molar-refractivity contribution in [2.24, 2.45) is 22.4 Å². The van der Waals surface area contributed by atoms with E-state index in [-0.39, 0.29) is 53.6 Å². The lowest BCUT2D eigenvalue weighted by atomic mass is 9.97. The van der Waals surface area contributed by atoms with Gasteiger partial charge in [0.25, 0.3) is 0 Å². The lowest BCUT2D eigenvalue weighted by Crippen LogP contribution is -2.51. The van der Waals surface area contributed by atoms with Crippen LogP contribution in [0, 0.1) is 5.92 Å². The average molecular weight is 634 g/mol. The molecule has 1 saturated heterocycles. The Hall–Kier alpha value is -3.59. The van der Waals surface area contributed by atoms with Crippen LogP contribution in [-0.2, 0) is 19.6 Å². The van der Waals surface area contributed by atoms with Crippen molar-refractivity contribution < 1.29 is 22.8 Å². The van der Waals surface area contributed by atoms with Gasteiger partial charge in [-0.15, -0.1) is 11.3 Å². The summed E-state index contributed by atoms with van der Waals surface area (Å²) in [5.41, 5.74) is 10.7. The van der Waals surface area contributed by atoms with E-state index >= 15 is 0 Å². The number of amides is 2. The van der Waals surface area contributed by atoms with E-state index < -0.39 is 27.9 Å². The Bertz CT molecular complexity index is 1580. The number of carbonyl (C=O) groups is 3. The number of likely N-dealkylation sites (tertiary alicyclic amines) is 1. The van der Waals surface area contributed by atoms with Crippen LogP contribution >= 0.6 is 22.9 Å². The van der Waals surface area contributed by atoms with Crippen molar-refractivity contribution in [2.75, 3.05) is 26.2 Å². The molecule has 2 heterocycles. The van der Waals surface area contributed by atoms with Crippen LogP contribution in [0.3, 0.4) is 0 Å². The highest BCUT2D eigenvalue weighted by Gasteiger charge is 2.32. The van der Waals surface area contributed by atoms with Gasteiger partial charge in [-0.2, -0.15) is 0 Å². The van der Waals surface area contributed by atoms with Crippen LogP contribution in [0.4, 0.5) is 0 Å². The van der Waals surface area contributed by atoms with Crippen molar-refractivity contribution >= 4 is 67.3 Å². The fourth-order valence-electron chi connectivity index (χ4n) is 4.70. The summed E-state index contributed by atoms with van der Waals surface area (Å²) in [5.74, 6) is -1.87. The lowest BCUT2D eigenvalue weighted by Gasteiger charge is -2.32. The molecule has 15 heteroatoms. The summed E-state index contributed by atoms with van der Waals surface area (Å²) in [7, 11) is -3.89. The van der Waals surface area contributed by atoms with E-state index in [2.05, 4.69) is 20.0 Å². The quantitative estimate of drug-likeness (QED) is 0.0949. The van der Waals surface area contributed by atoms with Gasteiger partial charge in [-0.05, 0) is 60.7 Å². The highest BCUT2D eigenvalue weighted by atomic mass is 35.5. The van der Waals surface area contributed by atoms with Gasteiger partial charge in [0.05, 0.1) is 23.4 Å². The lowest BCUT2D eigenvalue weighted by molar-refractivity contribution is -0.141. The highest BCUT2D eigenvalue weighted by molar-refractivity contribution is 7.89. The Balaban J connectivity index is 1.35. The number of thiazole rings is 1. The maximum absolute atomic E-state index is 13.2. The number of hydrogen-bond donors (Lipinski definition) is 4. The third kappa shape index (κ3) is 8.25. The molecular formula is C27H32ClN7O5S2. The number of Topliss-reactive ketones (excluding diaryl/α,β-unsaturated/α-hetero) is 1. The standard InChI is InChI=1S/C27H32ClN7O5S2/c28-20-7-5-18-14-21(8-6-17(18)13-20)42(39,40)33-15-19-3-2-11-35(26(19)38)16-23(36)34-22(4-1-9-32-27(29)30)24(37)25-31-10-12-41-25/h5-8,10,12-14,19,22,33H,1-4,9,11,15-16H2,(H,34,36)(H4,29,30,32)/t19?,22-/m0/s1. The Kier molecular flexibility index (Phi) is 10.5. The molecular weight excluding hydrogens is 602 g/mol. The largest absolute Gasteiger partial charge is 0.370 e. The van der Waals surface area contributed by atoms with E-state index in [1.807, 2.05) is 0 Å². The number of carbonyl (C=O) groups excluding carboxylic acids is 3. The van der Waals surface area contributed by atoms with Crippen LogP contribution in [0.25, 0.3) is 10.8 Å². The second-order valence-corrected chi connectivity index (χ2v) is 13.0. The Labute approximate surface area is 252 Å². The first-order valence-corrected chi connectivity index (χ1v) is 16.0. The van der Waals surface area contributed by atoms with Crippen LogP contribution in [0.15, 0.2) is 57.9 Å². The van der Waals surface area contributed by atoms with Gasteiger partial charge in [0.2, 0.25) is 27.6 Å². The minimum atomic E-state index is -3.89. The molecule has 1 aromatic heterocycles. The van der Waals surface area contributed by atoms with E-state index in [0.717, 1.165) is 10.8 Å². The number of nitrogens with one attached hydrogen (secondary N) is 2. The van der Waals surface area contributed by atoms with Gasteiger partial charge in [-0.25, -0.2) is 18.1 Å². The van der Waals surface area contributed by atoms with Crippen LogP contribution < -0.4 is 21.5 Å². The first-order valence-electron chi connectivity index (χ1n) is 13.3. The van der Waals surface area contributed by atoms with E-state index in [1.165, 1.54) is 28.5 Å². The highest BCUT2D eigenvalue weighted by Crippen LogP contribution is 2.23. The van der Waals surface area contributed by atoms with Crippen LogP contribution in [-0.4, -0.2) is 74.1 Å². The second-order valence-electron chi connectivity index (χ2n) is 9.87. The van der Waals surface area contributed by atoms with E-state index in [0.29, 0.717) is 30.8 Å². The van der Waals surface area contributed by atoms with Gasteiger partial charge < -0.3 is 21.7 Å². The molecule has 0 bridgehead atoms. The van der Waals surface area contributed by atoms with Crippen molar-refractivity contribution in [2.45, 2.75) is 36.6 Å². The first kappa shape index (κ1) is 31.3. The zero-order valence-electron chi connectivity index (χ0n) is 22.7. The summed E-state index contributed by atoms with van der Waals surface area (Å²) in [6.45, 7) is 0.271. The number of aliphatic imine (C=N–C) groups is 1. The molecule has 2 atom stereocenters. The van der Waals surface area contributed by atoms with Crippen molar-refractivity contribution in [3.8, 4) is 0 Å². The van der Waals surface area contributed by atoms with Crippen molar-refractivity contribution in [1.29, 1.82) is 0 Å². The smallest absolute Gasteiger partial charge is 0.240 e. The fraction of sp³-hybridized carbons (Fsp3) is 0.370. The zero-order chi connectivity index (χ0) is 30.3. The third-order valence-corrected chi connectivity index (χ3v) is 9.26. The predicted octanol–water partition coefficient (Wildman–Crippen LogP) is 1.89. The minimum absolute atomic E-state index is 0.0649. The molecule has 12 nitrogen and oxygen atoms in total. The SMILES string of the molecule is NC(N)=NCCC[C@H](NC(=O)CN1CCCC(CNS(=O)(=O)c2ccc3cc(Cl)ccc3c2)C1=O)C(=O)c1nccs1. The van der Waals surface area contributed by atoms with Crippen LogP contribution in [0.2, 0.25) is 5.02 Å². The molecule has 0 saturated carbocycles. The zero-order valence-corrected chi connectivity index (χ0v) is 25.1. The summed E-state index contributed by atoms with van der Waals surface area (Å²) in [5, 5.41) is 6.73. The fourth-order valence-corrected chi connectivity index (χ4v) is 6.63. The molecule has 1 aliphatic heterocycles. The third-order valence-electron chi connectivity index (χ3n) is 6.82. The number of fused-ring (bicyclic) bond motifs is 1. The number of aromatic nitrogens is 1. The summed E-state index contributed by atoms with van der Waals surface area (Å²) in [6.07, 6.45) is 3.30. The van der Waals surface area contributed by atoms with Crippen LogP contribution in [0.1, 0.15) is 35.5 Å².